The van der Waals surface area contributed by atoms with Gasteiger partial charge in [-0.05, 0) is 19.8 Å². The normalized spacial score (nSPS) is 44.1. The molecule has 3 unspecified atom stereocenters. The zero-order valence-corrected chi connectivity index (χ0v) is 10.3. The highest BCUT2D eigenvalue weighted by atomic mass is 32.3. The van der Waals surface area contributed by atoms with Gasteiger partial charge in [0.2, 0.25) is 0 Å². The Labute approximate surface area is 89.6 Å². The lowest BCUT2D eigenvalue weighted by atomic mass is 10.0. The lowest BCUT2D eigenvalue weighted by molar-refractivity contribution is -0.00533. The predicted octanol–water partition coefficient (Wildman–Crippen LogP) is -0.277. The molecule has 0 spiro atoms. The third kappa shape index (κ3) is 1.17. The number of fused-ring (bicyclic) bond motifs is 1. The summed E-state index contributed by atoms with van der Waals surface area (Å²) in [5, 5.41) is -0.619. The minimum atomic E-state index is -3.66. The second-order valence-corrected chi connectivity index (χ2v) is 9.50. The van der Waals surface area contributed by atoms with Gasteiger partial charge in [0.15, 0.2) is 23.8 Å². The Morgan fingerprint density at radius 2 is 2.00 bits per heavy atom. The van der Waals surface area contributed by atoms with Crippen molar-refractivity contribution in [1.29, 1.82) is 0 Å². The van der Waals surface area contributed by atoms with Crippen molar-refractivity contribution in [2.45, 2.75) is 35.2 Å². The van der Waals surface area contributed by atoms with Crippen LogP contribution in [-0.4, -0.2) is 45.1 Å². The zero-order valence-electron chi connectivity index (χ0n) is 8.63. The summed E-state index contributed by atoms with van der Waals surface area (Å²) in [7, 11) is -7.25. The van der Waals surface area contributed by atoms with Crippen molar-refractivity contribution in [1.82, 2.24) is 0 Å². The Kier molecular flexibility index (Phi) is 2.23. The van der Waals surface area contributed by atoms with Crippen LogP contribution in [0, 0.1) is 0 Å². The van der Waals surface area contributed by atoms with Crippen molar-refractivity contribution < 1.29 is 21.6 Å². The first kappa shape index (κ1) is 11.3. The van der Waals surface area contributed by atoms with Gasteiger partial charge in [-0.1, -0.05) is 0 Å². The quantitative estimate of drug-likeness (QED) is 0.643. The molecule has 2 heterocycles. The van der Waals surface area contributed by atoms with E-state index in [0.717, 1.165) is 6.26 Å². The molecule has 2 saturated heterocycles. The van der Waals surface area contributed by atoms with E-state index in [2.05, 4.69) is 0 Å². The Hall–Kier alpha value is -0.140. The third-order valence-electron chi connectivity index (χ3n) is 3.48. The van der Waals surface area contributed by atoms with E-state index in [9.17, 15) is 16.8 Å². The largest absolute Gasteiger partial charge is 0.374 e. The summed E-state index contributed by atoms with van der Waals surface area (Å²) in [6.07, 6.45) is 1.48. The number of sulfone groups is 2. The predicted molar refractivity (Wildman–Crippen MR) is 54.9 cm³/mol. The first-order chi connectivity index (χ1) is 6.73. The van der Waals surface area contributed by atoms with Gasteiger partial charge >= 0.3 is 0 Å². The summed E-state index contributed by atoms with van der Waals surface area (Å²) in [6, 6.07) is 0. The molecular formula is C8H14O5S2. The van der Waals surface area contributed by atoms with Gasteiger partial charge in [-0.25, -0.2) is 16.8 Å². The van der Waals surface area contributed by atoms with Gasteiger partial charge in [0.1, 0.15) is 6.10 Å². The van der Waals surface area contributed by atoms with E-state index in [1.165, 1.54) is 6.92 Å². The average molecular weight is 254 g/mol. The highest BCUT2D eigenvalue weighted by molar-refractivity contribution is 8.11. The molecule has 0 saturated carbocycles. The maximum Gasteiger partial charge on any atom is 0.197 e. The maximum atomic E-state index is 11.9. The smallest absolute Gasteiger partial charge is 0.197 e. The monoisotopic (exact) mass is 254 g/mol. The number of ether oxygens (including phenoxy) is 1. The lowest BCUT2D eigenvalue weighted by Crippen LogP contribution is -2.73. The zero-order chi connectivity index (χ0) is 11.5. The molecule has 0 radical (unpaired) electrons. The molecule has 2 aliphatic heterocycles. The van der Waals surface area contributed by atoms with Crippen molar-refractivity contribution >= 4 is 19.7 Å². The van der Waals surface area contributed by atoms with Crippen LogP contribution in [0.4, 0.5) is 0 Å². The van der Waals surface area contributed by atoms with E-state index in [1.807, 2.05) is 0 Å². The third-order valence-corrected chi connectivity index (χ3v) is 9.44. The molecule has 3 atom stereocenters. The summed E-state index contributed by atoms with van der Waals surface area (Å²) in [5.74, 6) is 0. The van der Waals surface area contributed by atoms with Gasteiger partial charge in [0, 0.05) is 12.9 Å². The molecule has 0 amide bonds. The molecule has 0 bridgehead atoms. The molecule has 0 N–H and O–H groups in total. The molecule has 0 aromatic heterocycles. The Morgan fingerprint density at radius 1 is 1.40 bits per heavy atom. The number of hydrogen-bond donors (Lipinski definition) is 0. The summed E-state index contributed by atoms with van der Waals surface area (Å²) < 4.78 is 50.4. The standard InChI is InChI=1S/C8H14O5S2/c1-8(14(2,9)10)7-6(15(8,11)12)4-3-5-13-7/h6-7H,3-5H2,1-2H3. The van der Waals surface area contributed by atoms with Gasteiger partial charge in [0.05, 0.1) is 5.25 Å². The molecule has 2 fully saturated rings. The summed E-state index contributed by atoms with van der Waals surface area (Å²) in [5.41, 5.74) is 0. The summed E-state index contributed by atoms with van der Waals surface area (Å²) >= 11 is 0. The van der Waals surface area contributed by atoms with E-state index in [0.29, 0.717) is 19.4 Å². The van der Waals surface area contributed by atoms with Crippen molar-refractivity contribution in [2.24, 2.45) is 0 Å². The van der Waals surface area contributed by atoms with Crippen LogP contribution in [0.15, 0.2) is 0 Å². The van der Waals surface area contributed by atoms with Crippen LogP contribution in [0.3, 0.4) is 0 Å². The molecule has 2 rings (SSSR count). The SMILES string of the molecule is CC1(S(C)(=O)=O)C2OCCCC2S1(=O)=O. The van der Waals surface area contributed by atoms with Crippen LogP contribution in [0.25, 0.3) is 0 Å². The molecule has 0 aliphatic carbocycles. The fourth-order valence-corrected chi connectivity index (χ4v) is 7.26. The second kappa shape index (κ2) is 2.95. The maximum absolute atomic E-state index is 11.9. The minimum Gasteiger partial charge on any atom is -0.374 e. The Bertz CT molecular complexity index is 477. The molecule has 0 aromatic rings. The van der Waals surface area contributed by atoms with E-state index in [-0.39, 0.29) is 0 Å². The molecular weight excluding hydrogens is 240 g/mol. The van der Waals surface area contributed by atoms with Gasteiger partial charge < -0.3 is 4.74 Å². The molecule has 88 valence electrons. The van der Waals surface area contributed by atoms with Crippen LogP contribution < -0.4 is 0 Å². The van der Waals surface area contributed by atoms with Crippen LogP contribution in [0.1, 0.15) is 19.8 Å². The lowest BCUT2D eigenvalue weighted by Gasteiger charge is -2.52. The topological polar surface area (TPSA) is 77.5 Å². The van der Waals surface area contributed by atoms with E-state index in [4.69, 9.17) is 4.74 Å². The van der Waals surface area contributed by atoms with Gasteiger partial charge in [-0.3, -0.25) is 0 Å². The highest BCUT2D eigenvalue weighted by Gasteiger charge is 2.71. The number of hydrogen-bond acceptors (Lipinski definition) is 5. The molecule has 0 aromatic carbocycles. The highest BCUT2D eigenvalue weighted by Crippen LogP contribution is 2.49. The first-order valence-electron chi connectivity index (χ1n) is 4.77. The summed E-state index contributed by atoms with van der Waals surface area (Å²) in [6.45, 7) is 1.70. The van der Waals surface area contributed by atoms with Crippen molar-refractivity contribution in [3.63, 3.8) is 0 Å². The minimum absolute atomic E-state index is 0.446. The van der Waals surface area contributed by atoms with E-state index < -0.39 is 35.1 Å². The van der Waals surface area contributed by atoms with E-state index in [1.54, 1.807) is 0 Å². The Balaban J connectivity index is 2.51. The first-order valence-corrected chi connectivity index (χ1v) is 8.21. The van der Waals surface area contributed by atoms with E-state index >= 15 is 0 Å². The van der Waals surface area contributed by atoms with Crippen LogP contribution in [0.2, 0.25) is 0 Å². The molecule has 2 aliphatic rings. The van der Waals surface area contributed by atoms with Gasteiger partial charge in [-0.2, -0.15) is 0 Å². The molecule has 7 heteroatoms. The summed E-state index contributed by atoms with van der Waals surface area (Å²) in [4.78, 5) is 0. The van der Waals surface area contributed by atoms with Crippen LogP contribution in [0.5, 0.6) is 0 Å². The van der Waals surface area contributed by atoms with Crippen molar-refractivity contribution in [3.05, 3.63) is 0 Å². The number of rotatable bonds is 1. The van der Waals surface area contributed by atoms with Gasteiger partial charge in [-0.15, -0.1) is 0 Å². The molecule has 5 nitrogen and oxygen atoms in total. The molecule has 15 heavy (non-hydrogen) atoms. The van der Waals surface area contributed by atoms with Crippen LogP contribution >= 0.6 is 0 Å². The fraction of sp³-hybridized carbons (Fsp3) is 1.00. The van der Waals surface area contributed by atoms with Crippen molar-refractivity contribution in [2.75, 3.05) is 12.9 Å². The van der Waals surface area contributed by atoms with Crippen molar-refractivity contribution in [3.8, 4) is 0 Å². The Morgan fingerprint density at radius 3 is 2.53 bits per heavy atom. The van der Waals surface area contributed by atoms with Crippen LogP contribution in [-0.2, 0) is 24.4 Å². The fourth-order valence-electron chi connectivity index (χ4n) is 2.37. The average Bonchev–Trinajstić information content (AvgIpc) is 2.15. The second-order valence-electron chi connectivity index (χ2n) is 4.31. The van der Waals surface area contributed by atoms with Gasteiger partial charge in [0.25, 0.3) is 0 Å².